The number of benzene rings is 2. The number of carbonyl (C=O) groups is 1. The standard InChI is InChI=1S/C16H16N4O/c1-20(2)13-6-3-11(4-7-13)16(21)19-12-5-8-14-15(9-12)18-10-17-14/h3-10H,1-2H3,(H,17,18)(H,19,21). The van der Waals surface area contributed by atoms with Crippen molar-refractivity contribution < 1.29 is 4.79 Å². The monoisotopic (exact) mass is 280 g/mol. The Balaban J connectivity index is 1.78. The first-order chi connectivity index (χ1) is 10.1. The van der Waals surface area contributed by atoms with Gasteiger partial charge in [0.1, 0.15) is 0 Å². The summed E-state index contributed by atoms with van der Waals surface area (Å²) >= 11 is 0. The van der Waals surface area contributed by atoms with Gasteiger partial charge < -0.3 is 15.2 Å². The number of rotatable bonds is 3. The van der Waals surface area contributed by atoms with E-state index in [9.17, 15) is 4.79 Å². The number of nitrogens with zero attached hydrogens (tertiary/aromatic N) is 2. The second-order valence-corrected chi connectivity index (χ2v) is 5.03. The zero-order valence-electron chi connectivity index (χ0n) is 11.9. The average Bonchev–Trinajstić information content (AvgIpc) is 2.95. The van der Waals surface area contributed by atoms with Crippen molar-refractivity contribution in [3.63, 3.8) is 0 Å². The lowest BCUT2D eigenvalue weighted by Crippen LogP contribution is -2.13. The normalized spacial score (nSPS) is 10.6. The third kappa shape index (κ3) is 2.72. The maximum absolute atomic E-state index is 12.2. The average molecular weight is 280 g/mol. The van der Waals surface area contributed by atoms with Gasteiger partial charge in [-0.3, -0.25) is 4.79 Å². The highest BCUT2D eigenvalue weighted by Crippen LogP contribution is 2.17. The van der Waals surface area contributed by atoms with Gasteiger partial charge >= 0.3 is 0 Å². The molecule has 1 heterocycles. The van der Waals surface area contributed by atoms with Crippen molar-refractivity contribution in [2.24, 2.45) is 0 Å². The molecule has 21 heavy (non-hydrogen) atoms. The Labute approximate surface area is 122 Å². The van der Waals surface area contributed by atoms with Crippen LogP contribution in [0.25, 0.3) is 11.0 Å². The number of H-pyrrole nitrogens is 1. The minimum atomic E-state index is -0.126. The summed E-state index contributed by atoms with van der Waals surface area (Å²) in [6, 6.07) is 13.1. The van der Waals surface area contributed by atoms with E-state index in [1.54, 1.807) is 6.33 Å². The van der Waals surface area contributed by atoms with Crippen molar-refractivity contribution >= 4 is 28.3 Å². The fourth-order valence-electron chi connectivity index (χ4n) is 2.13. The number of aromatic nitrogens is 2. The third-order valence-corrected chi connectivity index (χ3v) is 3.32. The summed E-state index contributed by atoms with van der Waals surface area (Å²) in [5.41, 5.74) is 4.21. The molecule has 5 nitrogen and oxygen atoms in total. The second kappa shape index (κ2) is 5.28. The molecule has 0 radical (unpaired) electrons. The van der Waals surface area contributed by atoms with Crippen LogP contribution in [0.4, 0.5) is 11.4 Å². The van der Waals surface area contributed by atoms with Gasteiger partial charge in [0.05, 0.1) is 17.4 Å². The van der Waals surface area contributed by atoms with Gasteiger partial charge in [0, 0.05) is 31.0 Å². The van der Waals surface area contributed by atoms with Gasteiger partial charge in [-0.1, -0.05) is 0 Å². The lowest BCUT2D eigenvalue weighted by Gasteiger charge is -2.12. The lowest BCUT2D eigenvalue weighted by molar-refractivity contribution is 0.102. The maximum atomic E-state index is 12.2. The molecule has 0 saturated heterocycles. The molecule has 0 aliphatic heterocycles. The number of amides is 1. The number of nitrogens with one attached hydrogen (secondary N) is 2. The summed E-state index contributed by atoms with van der Waals surface area (Å²) < 4.78 is 0. The SMILES string of the molecule is CN(C)c1ccc(C(=O)Nc2ccc3nc[nH]c3c2)cc1. The Hall–Kier alpha value is -2.82. The molecule has 0 bridgehead atoms. The topological polar surface area (TPSA) is 61.0 Å². The summed E-state index contributed by atoms with van der Waals surface area (Å²) in [6.45, 7) is 0. The van der Waals surface area contributed by atoms with Crippen LogP contribution in [0, 0.1) is 0 Å². The smallest absolute Gasteiger partial charge is 0.255 e. The van der Waals surface area contributed by atoms with Crippen LogP contribution in [0.5, 0.6) is 0 Å². The van der Waals surface area contributed by atoms with Gasteiger partial charge in [-0.25, -0.2) is 4.98 Å². The van der Waals surface area contributed by atoms with Crippen LogP contribution in [-0.2, 0) is 0 Å². The zero-order chi connectivity index (χ0) is 14.8. The Bertz CT molecular complexity index is 774. The highest BCUT2D eigenvalue weighted by atomic mass is 16.1. The van der Waals surface area contributed by atoms with Crippen LogP contribution in [0.3, 0.4) is 0 Å². The van der Waals surface area contributed by atoms with Crippen molar-refractivity contribution in [1.29, 1.82) is 0 Å². The fourth-order valence-corrected chi connectivity index (χ4v) is 2.13. The minimum absolute atomic E-state index is 0.126. The van der Waals surface area contributed by atoms with E-state index < -0.39 is 0 Å². The van der Waals surface area contributed by atoms with E-state index in [0.717, 1.165) is 22.4 Å². The number of hydrogen-bond acceptors (Lipinski definition) is 3. The van der Waals surface area contributed by atoms with Crippen LogP contribution in [0.1, 0.15) is 10.4 Å². The van der Waals surface area contributed by atoms with Crippen LogP contribution in [-0.4, -0.2) is 30.0 Å². The van der Waals surface area contributed by atoms with Gasteiger partial charge in [-0.15, -0.1) is 0 Å². The number of anilines is 2. The lowest BCUT2D eigenvalue weighted by atomic mass is 10.2. The summed E-state index contributed by atoms with van der Waals surface area (Å²) in [4.78, 5) is 21.4. The highest BCUT2D eigenvalue weighted by molar-refractivity contribution is 6.05. The van der Waals surface area contributed by atoms with Crippen molar-refractivity contribution in [3.8, 4) is 0 Å². The van der Waals surface area contributed by atoms with E-state index in [2.05, 4.69) is 15.3 Å². The number of fused-ring (bicyclic) bond motifs is 1. The van der Waals surface area contributed by atoms with E-state index in [1.165, 1.54) is 0 Å². The van der Waals surface area contributed by atoms with Crippen molar-refractivity contribution in [2.75, 3.05) is 24.3 Å². The van der Waals surface area contributed by atoms with Crippen LogP contribution < -0.4 is 10.2 Å². The summed E-state index contributed by atoms with van der Waals surface area (Å²) in [6.07, 6.45) is 1.64. The Kier molecular flexibility index (Phi) is 3.31. The molecule has 0 fully saturated rings. The summed E-state index contributed by atoms with van der Waals surface area (Å²) in [7, 11) is 3.93. The Morgan fingerprint density at radius 1 is 1.14 bits per heavy atom. The molecule has 5 heteroatoms. The van der Waals surface area contributed by atoms with Gasteiger partial charge in [0.15, 0.2) is 0 Å². The first-order valence-electron chi connectivity index (χ1n) is 6.65. The molecule has 2 aromatic carbocycles. The van der Waals surface area contributed by atoms with Crippen molar-refractivity contribution in [2.45, 2.75) is 0 Å². The first-order valence-corrected chi connectivity index (χ1v) is 6.65. The number of carbonyl (C=O) groups excluding carboxylic acids is 1. The Morgan fingerprint density at radius 3 is 2.62 bits per heavy atom. The molecular weight excluding hydrogens is 264 g/mol. The highest BCUT2D eigenvalue weighted by Gasteiger charge is 2.07. The van der Waals surface area contributed by atoms with Gasteiger partial charge in [-0.2, -0.15) is 0 Å². The third-order valence-electron chi connectivity index (χ3n) is 3.32. The zero-order valence-corrected chi connectivity index (χ0v) is 11.9. The molecule has 1 amide bonds. The second-order valence-electron chi connectivity index (χ2n) is 5.03. The molecule has 0 aliphatic rings. The quantitative estimate of drug-likeness (QED) is 0.775. The molecule has 0 spiro atoms. The molecule has 1 aromatic heterocycles. The largest absolute Gasteiger partial charge is 0.378 e. The minimum Gasteiger partial charge on any atom is -0.378 e. The Morgan fingerprint density at radius 2 is 1.90 bits per heavy atom. The molecule has 3 aromatic rings. The number of hydrogen-bond donors (Lipinski definition) is 2. The van der Waals surface area contributed by atoms with Crippen LogP contribution in [0.2, 0.25) is 0 Å². The molecule has 0 atom stereocenters. The molecule has 2 N–H and O–H groups in total. The van der Waals surface area contributed by atoms with Gasteiger partial charge in [0.25, 0.3) is 5.91 Å². The molecule has 3 rings (SSSR count). The molecule has 0 saturated carbocycles. The van der Waals surface area contributed by atoms with Crippen molar-refractivity contribution in [1.82, 2.24) is 9.97 Å². The van der Waals surface area contributed by atoms with Crippen LogP contribution in [0.15, 0.2) is 48.8 Å². The van der Waals surface area contributed by atoms with Crippen molar-refractivity contribution in [3.05, 3.63) is 54.4 Å². The van der Waals surface area contributed by atoms with Crippen LogP contribution >= 0.6 is 0 Å². The number of imidazole rings is 1. The molecule has 0 unspecified atom stereocenters. The molecule has 106 valence electrons. The summed E-state index contributed by atoms with van der Waals surface area (Å²) in [5.74, 6) is -0.126. The number of aromatic amines is 1. The predicted octanol–water partition coefficient (Wildman–Crippen LogP) is 2.88. The molecular formula is C16H16N4O. The van der Waals surface area contributed by atoms with E-state index >= 15 is 0 Å². The van der Waals surface area contributed by atoms with E-state index in [4.69, 9.17) is 0 Å². The van der Waals surface area contributed by atoms with Gasteiger partial charge in [-0.05, 0) is 42.5 Å². The predicted molar refractivity (Wildman–Crippen MR) is 84.8 cm³/mol. The van der Waals surface area contributed by atoms with E-state index in [-0.39, 0.29) is 5.91 Å². The molecule has 0 aliphatic carbocycles. The van der Waals surface area contributed by atoms with Gasteiger partial charge in [0.2, 0.25) is 0 Å². The fraction of sp³-hybridized carbons (Fsp3) is 0.125. The maximum Gasteiger partial charge on any atom is 0.255 e. The van der Waals surface area contributed by atoms with E-state index in [1.807, 2.05) is 61.5 Å². The summed E-state index contributed by atoms with van der Waals surface area (Å²) in [5, 5.41) is 2.89. The first kappa shape index (κ1) is 13.2. The van der Waals surface area contributed by atoms with E-state index in [0.29, 0.717) is 5.56 Å².